The third-order valence-corrected chi connectivity index (χ3v) is 5.27. The second kappa shape index (κ2) is 9.87. The highest BCUT2D eigenvalue weighted by molar-refractivity contribution is 6.47. The number of ether oxygens (including phenoxy) is 2. The van der Waals surface area contributed by atoms with Gasteiger partial charge in [0.1, 0.15) is 17.3 Å². The Balaban J connectivity index is 2.20. The summed E-state index contributed by atoms with van der Waals surface area (Å²) in [6, 6.07) is 10.4. The van der Waals surface area contributed by atoms with Crippen LogP contribution in [0.4, 0.5) is 0 Å². The fourth-order valence-corrected chi connectivity index (χ4v) is 3.91. The lowest BCUT2D eigenvalue weighted by Gasteiger charge is -2.25. The normalized spacial score (nSPS) is 17.5. The summed E-state index contributed by atoms with van der Waals surface area (Å²) in [6.45, 7) is 5.69. The van der Waals surface area contributed by atoms with Gasteiger partial charge in [0.15, 0.2) is 0 Å². The number of halogens is 1. The van der Waals surface area contributed by atoms with Crippen LogP contribution in [0.3, 0.4) is 0 Å². The monoisotopic (exact) mass is 457 g/mol. The topological polar surface area (TPSA) is 93.1 Å². The number of aliphatic hydroxyl groups is 1. The van der Waals surface area contributed by atoms with E-state index in [0.717, 1.165) is 0 Å². The van der Waals surface area contributed by atoms with Crippen LogP contribution in [0.5, 0.6) is 11.5 Å². The lowest BCUT2D eigenvalue weighted by atomic mass is 9.95. The van der Waals surface area contributed by atoms with Crippen molar-refractivity contribution >= 4 is 35.0 Å². The molecule has 1 fully saturated rings. The fourth-order valence-electron chi connectivity index (χ4n) is 3.70. The molecule has 2 aromatic rings. The number of aliphatic hydroxyl groups excluding tert-OH is 1. The SMILES string of the molecule is CCCN1C(=O)C(=O)/C(=C(/O)c2cc(OCC)ccc2Cl)C1c1cccc(OC(C)=O)c1. The number of esters is 1. The Morgan fingerprint density at radius 2 is 1.88 bits per heavy atom. The number of hydrogen-bond acceptors (Lipinski definition) is 6. The van der Waals surface area contributed by atoms with E-state index in [1.54, 1.807) is 36.4 Å². The van der Waals surface area contributed by atoms with Gasteiger partial charge in [-0.1, -0.05) is 30.7 Å². The second-order valence-electron chi connectivity index (χ2n) is 7.23. The maximum Gasteiger partial charge on any atom is 0.308 e. The van der Waals surface area contributed by atoms with Gasteiger partial charge in [-0.25, -0.2) is 0 Å². The maximum atomic E-state index is 13.0. The standard InChI is InChI=1S/C24H24ClNO6/c1-4-11-26-21(15-7-6-8-17(12-15)32-14(3)27)20(23(29)24(26)30)22(28)18-13-16(31-5-2)9-10-19(18)25/h6-10,12-13,21,28H,4-5,11H2,1-3H3/b22-20+. The molecule has 1 amide bonds. The zero-order valence-electron chi connectivity index (χ0n) is 18.1. The van der Waals surface area contributed by atoms with E-state index in [1.165, 1.54) is 17.9 Å². The van der Waals surface area contributed by atoms with Crippen molar-refractivity contribution in [2.24, 2.45) is 0 Å². The smallest absolute Gasteiger partial charge is 0.308 e. The van der Waals surface area contributed by atoms with E-state index in [2.05, 4.69) is 0 Å². The third kappa shape index (κ3) is 4.62. The zero-order valence-corrected chi connectivity index (χ0v) is 18.8. The van der Waals surface area contributed by atoms with E-state index in [9.17, 15) is 19.5 Å². The van der Waals surface area contributed by atoms with Gasteiger partial charge in [-0.3, -0.25) is 14.4 Å². The number of Topliss-reactive ketones (excluding diaryl/α,β-unsaturated/α-hetero) is 1. The van der Waals surface area contributed by atoms with Crippen LogP contribution in [0.15, 0.2) is 48.0 Å². The van der Waals surface area contributed by atoms with Crippen molar-refractivity contribution in [3.8, 4) is 11.5 Å². The number of hydrogen-bond donors (Lipinski definition) is 1. The molecular weight excluding hydrogens is 434 g/mol. The van der Waals surface area contributed by atoms with Gasteiger partial charge in [0.25, 0.3) is 11.7 Å². The van der Waals surface area contributed by atoms with Crippen LogP contribution in [-0.2, 0) is 14.4 Å². The fraction of sp³-hybridized carbons (Fsp3) is 0.292. The molecule has 1 aliphatic heterocycles. The molecule has 1 heterocycles. The summed E-state index contributed by atoms with van der Waals surface area (Å²) >= 11 is 6.31. The number of carbonyl (C=O) groups is 3. The first kappa shape index (κ1) is 23.3. The molecule has 0 aliphatic carbocycles. The van der Waals surface area contributed by atoms with E-state index in [4.69, 9.17) is 21.1 Å². The van der Waals surface area contributed by atoms with Crippen LogP contribution >= 0.6 is 11.6 Å². The van der Waals surface area contributed by atoms with Crippen molar-refractivity contribution in [1.29, 1.82) is 0 Å². The number of amides is 1. The van der Waals surface area contributed by atoms with Crippen LogP contribution < -0.4 is 9.47 Å². The lowest BCUT2D eigenvalue weighted by molar-refractivity contribution is -0.139. The molecule has 32 heavy (non-hydrogen) atoms. The summed E-state index contributed by atoms with van der Waals surface area (Å²) in [5.41, 5.74) is 0.627. The third-order valence-electron chi connectivity index (χ3n) is 4.94. The molecule has 168 valence electrons. The molecule has 0 spiro atoms. The van der Waals surface area contributed by atoms with Gasteiger partial charge in [-0.15, -0.1) is 0 Å². The highest BCUT2D eigenvalue weighted by atomic mass is 35.5. The first-order valence-electron chi connectivity index (χ1n) is 10.3. The Hall–Kier alpha value is -3.32. The molecule has 1 aliphatic rings. The van der Waals surface area contributed by atoms with E-state index >= 15 is 0 Å². The predicted molar refractivity (Wildman–Crippen MR) is 120 cm³/mol. The largest absolute Gasteiger partial charge is 0.507 e. The average molecular weight is 458 g/mol. The van der Waals surface area contributed by atoms with Crippen LogP contribution in [0.1, 0.15) is 44.4 Å². The summed E-state index contributed by atoms with van der Waals surface area (Å²) in [5.74, 6) is -1.67. The first-order chi connectivity index (χ1) is 15.3. The van der Waals surface area contributed by atoms with Gasteiger partial charge >= 0.3 is 5.97 Å². The molecule has 0 aromatic heterocycles. The molecule has 1 unspecified atom stereocenters. The van der Waals surface area contributed by atoms with E-state index in [-0.39, 0.29) is 21.9 Å². The number of ketones is 1. The maximum absolute atomic E-state index is 13.0. The first-order valence-corrected chi connectivity index (χ1v) is 10.7. The van der Waals surface area contributed by atoms with Crippen LogP contribution in [0.25, 0.3) is 5.76 Å². The van der Waals surface area contributed by atoms with Crippen molar-refractivity contribution in [3.05, 3.63) is 64.2 Å². The highest BCUT2D eigenvalue weighted by Crippen LogP contribution is 2.41. The number of carbonyl (C=O) groups excluding carboxylic acids is 3. The molecule has 3 rings (SSSR count). The van der Waals surface area contributed by atoms with Crippen LogP contribution in [0.2, 0.25) is 5.02 Å². The Morgan fingerprint density at radius 1 is 1.12 bits per heavy atom. The summed E-state index contributed by atoms with van der Waals surface area (Å²) in [7, 11) is 0. The molecule has 0 bridgehead atoms. The molecule has 1 N–H and O–H groups in total. The summed E-state index contributed by atoms with van der Waals surface area (Å²) in [5, 5.41) is 11.4. The Morgan fingerprint density at radius 3 is 2.53 bits per heavy atom. The number of likely N-dealkylation sites (tertiary alicyclic amines) is 1. The Kier molecular flexibility index (Phi) is 7.20. The van der Waals surface area contributed by atoms with E-state index in [0.29, 0.717) is 30.9 Å². The van der Waals surface area contributed by atoms with Crippen molar-refractivity contribution in [1.82, 2.24) is 4.90 Å². The van der Waals surface area contributed by atoms with Gasteiger partial charge in [-0.2, -0.15) is 0 Å². The summed E-state index contributed by atoms with van der Waals surface area (Å²) in [4.78, 5) is 38.6. The minimum atomic E-state index is -0.864. The summed E-state index contributed by atoms with van der Waals surface area (Å²) < 4.78 is 10.6. The van der Waals surface area contributed by atoms with Gasteiger partial charge in [0.05, 0.1) is 23.2 Å². The molecule has 1 saturated heterocycles. The molecule has 1 atom stereocenters. The van der Waals surface area contributed by atoms with E-state index < -0.39 is 29.5 Å². The number of benzene rings is 2. The predicted octanol–water partition coefficient (Wildman–Crippen LogP) is 4.50. The average Bonchev–Trinajstić information content (AvgIpc) is 3.00. The van der Waals surface area contributed by atoms with Crippen LogP contribution in [0, 0.1) is 0 Å². The van der Waals surface area contributed by atoms with Gasteiger partial charge in [-0.05, 0) is 49.2 Å². The molecule has 8 heteroatoms. The Bertz CT molecular complexity index is 1090. The van der Waals surface area contributed by atoms with Crippen molar-refractivity contribution in [2.75, 3.05) is 13.2 Å². The van der Waals surface area contributed by atoms with Crippen LogP contribution in [-0.4, -0.2) is 40.8 Å². The van der Waals surface area contributed by atoms with Gasteiger partial charge < -0.3 is 19.5 Å². The lowest BCUT2D eigenvalue weighted by Crippen LogP contribution is -2.30. The molecule has 2 aromatic carbocycles. The van der Waals surface area contributed by atoms with Crippen molar-refractivity contribution < 1.29 is 29.0 Å². The minimum absolute atomic E-state index is 0.0843. The number of nitrogens with zero attached hydrogens (tertiary/aromatic N) is 1. The molecule has 0 saturated carbocycles. The minimum Gasteiger partial charge on any atom is -0.507 e. The van der Waals surface area contributed by atoms with Gasteiger partial charge in [0, 0.05) is 19.0 Å². The highest BCUT2D eigenvalue weighted by Gasteiger charge is 2.46. The molecule has 7 nitrogen and oxygen atoms in total. The van der Waals surface area contributed by atoms with Gasteiger partial charge in [0.2, 0.25) is 0 Å². The van der Waals surface area contributed by atoms with Crippen molar-refractivity contribution in [3.63, 3.8) is 0 Å². The summed E-state index contributed by atoms with van der Waals surface area (Å²) in [6.07, 6.45) is 0.605. The van der Waals surface area contributed by atoms with Crippen molar-refractivity contribution in [2.45, 2.75) is 33.2 Å². The van der Waals surface area contributed by atoms with E-state index in [1.807, 2.05) is 13.8 Å². The number of rotatable bonds is 7. The molecular formula is C24H24ClNO6. The Labute approximate surface area is 191 Å². The quantitative estimate of drug-likeness (QED) is 0.216. The molecule has 0 radical (unpaired) electrons. The second-order valence-corrected chi connectivity index (χ2v) is 7.64. The zero-order chi connectivity index (χ0) is 23.4.